The number of aryl methyl sites for hydroxylation is 2. The number of aliphatic imine (C=N–C) groups is 1. The van der Waals surface area contributed by atoms with Crippen LogP contribution in [0.3, 0.4) is 0 Å². The molecule has 0 saturated heterocycles. The van der Waals surface area contributed by atoms with Crippen molar-refractivity contribution in [1.29, 1.82) is 0 Å². The maximum atomic E-state index is 13.0. The van der Waals surface area contributed by atoms with Gasteiger partial charge in [-0.15, -0.1) is 24.0 Å². The van der Waals surface area contributed by atoms with Crippen molar-refractivity contribution < 1.29 is 17.9 Å². The molecule has 0 spiro atoms. The highest BCUT2D eigenvalue weighted by molar-refractivity contribution is 14.0. The molecule has 0 atom stereocenters. The average molecular weight is 511 g/mol. The number of guanidine groups is 1. The van der Waals surface area contributed by atoms with E-state index in [1.807, 2.05) is 31.2 Å². The van der Waals surface area contributed by atoms with Crippen molar-refractivity contribution in [1.82, 2.24) is 20.0 Å². The van der Waals surface area contributed by atoms with Crippen LogP contribution in [-0.4, -0.2) is 47.9 Å². The van der Waals surface area contributed by atoms with Gasteiger partial charge < -0.3 is 15.0 Å². The molecule has 0 aliphatic rings. The molecule has 156 valence electrons. The minimum Gasteiger partial charge on any atom is -0.492 e. The van der Waals surface area contributed by atoms with Crippen molar-refractivity contribution in [2.24, 2.45) is 12.0 Å². The quantitative estimate of drug-likeness (QED) is 0.367. The van der Waals surface area contributed by atoms with Gasteiger partial charge in [0, 0.05) is 39.4 Å². The largest absolute Gasteiger partial charge is 0.492 e. The van der Waals surface area contributed by atoms with Gasteiger partial charge in [0.1, 0.15) is 12.4 Å². The zero-order chi connectivity index (χ0) is 20.0. The van der Waals surface area contributed by atoms with Crippen molar-refractivity contribution in [2.75, 3.05) is 27.2 Å². The van der Waals surface area contributed by atoms with Crippen molar-refractivity contribution in [3.63, 3.8) is 0 Å². The average Bonchev–Trinajstić information content (AvgIpc) is 2.98. The van der Waals surface area contributed by atoms with Crippen LogP contribution in [0.5, 0.6) is 5.75 Å². The van der Waals surface area contributed by atoms with Crippen LogP contribution in [0.1, 0.15) is 16.8 Å². The number of likely N-dealkylation sites (N-methyl/N-ethyl adjacent to an activating group) is 1. The van der Waals surface area contributed by atoms with Crippen LogP contribution < -0.4 is 10.1 Å². The summed E-state index contributed by atoms with van der Waals surface area (Å²) in [7, 11) is 4.83. The van der Waals surface area contributed by atoms with Gasteiger partial charge in [-0.05, 0) is 19.1 Å². The number of nitrogens with one attached hydrogen (secondary N) is 1. The standard InChI is InChI=1S/C18H24F3N5O.HI/c1-13-5-7-15(8-6-13)27-10-9-25(3)17(22-2)23-11-14-12-26(4)24-16(14)18(19,20)21;/h5-8,12H,9-11H2,1-4H3,(H,22,23);1H. The van der Waals surface area contributed by atoms with Gasteiger partial charge in [-0.25, -0.2) is 0 Å². The molecule has 2 rings (SSSR count). The lowest BCUT2D eigenvalue weighted by Crippen LogP contribution is -2.40. The van der Waals surface area contributed by atoms with Gasteiger partial charge in [0.15, 0.2) is 11.7 Å². The number of rotatable bonds is 6. The molecule has 6 nitrogen and oxygen atoms in total. The van der Waals surface area contributed by atoms with Gasteiger partial charge in [0.2, 0.25) is 0 Å². The molecular formula is C18H25F3IN5O. The first kappa shape index (κ1) is 24.1. The minimum atomic E-state index is -4.49. The fraction of sp³-hybridized carbons (Fsp3) is 0.444. The third-order valence-corrected chi connectivity index (χ3v) is 3.90. The van der Waals surface area contributed by atoms with E-state index >= 15 is 0 Å². The maximum Gasteiger partial charge on any atom is 0.435 e. The third-order valence-electron chi connectivity index (χ3n) is 3.90. The summed E-state index contributed by atoms with van der Waals surface area (Å²) in [4.78, 5) is 5.90. The Hall–Kier alpha value is -1.98. The van der Waals surface area contributed by atoms with Crippen LogP contribution in [0.25, 0.3) is 0 Å². The molecule has 0 saturated carbocycles. The number of ether oxygens (including phenoxy) is 1. The van der Waals surface area contributed by atoms with Crippen molar-refractivity contribution in [3.8, 4) is 5.75 Å². The number of hydrogen-bond acceptors (Lipinski definition) is 3. The summed E-state index contributed by atoms with van der Waals surface area (Å²) >= 11 is 0. The molecule has 0 fully saturated rings. The molecule has 0 amide bonds. The number of benzene rings is 1. The van der Waals surface area contributed by atoms with Gasteiger partial charge in [-0.2, -0.15) is 18.3 Å². The summed E-state index contributed by atoms with van der Waals surface area (Å²) in [6.45, 7) is 2.91. The van der Waals surface area contributed by atoms with Gasteiger partial charge in [-0.1, -0.05) is 17.7 Å². The lowest BCUT2D eigenvalue weighted by atomic mass is 10.2. The van der Waals surface area contributed by atoms with Gasteiger partial charge in [0.25, 0.3) is 0 Å². The second kappa shape index (κ2) is 10.5. The van der Waals surface area contributed by atoms with E-state index in [0.29, 0.717) is 19.1 Å². The molecule has 10 heteroatoms. The van der Waals surface area contributed by atoms with Crippen LogP contribution in [0.4, 0.5) is 13.2 Å². The van der Waals surface area contributed by atoms with Crippen LogP contribution in [-0.2, 0) is 19.8 Å². The summed E-state index contributed by atoms with van der Waals surface area (Å²) in [5.74, 6) is 1.24. The Morgan fingerprint density at radius 3 is 2.50 bits per heavy atom. The zero-order valence-electron chi connectivity index (χ0n) is 16.2. The first-order chi connectivity index (χ1) is 12.7. The Kier molecular flexibility index (Phi) is 9.05. The normalized spacial score (nSPS) is 11.8. The Morgan fingerprint density at radius 1 is 1.29 bits per heavy atom. The van der Waals surface area contributed by atoms with Gasteiger partial charge in [0.05, 0.1) is 6.54 Å². The lowest BCUT2D eigenvalue weighted by Gasteiger charge is -2.22. The first-order valence-electron chi connectivity index (χ1n) is 8.41. The van der Waals surface area contributed by atoms with Gasteiger partial charge in [-0.3, -0.25) is 9.67 Å². The number of alkyl halides is 3. The lowest BCUT2D eigenvalue weighted by molar-refractivity contribution is -0.142. The molecule has 1 aromatic heterocycles. The number of nitrogens with zero attached hydrogens (tertiary/aromatic N) is 4. The van der Waals surface area contributed by atoms with Gasteiger partial charge >= 0.3 is 6.18 Å². The fourth-order valence-electron chi connectivity index (χ4n) is 2.51. The molecule has 0 aliphatic heterocycles. The van der Waals surface area contributed by atoms with E-state index in [-0.39, 0.29) is 36.1 Å². The maximum absolute atomic E-state index is 13.0. The Bertz CT molecular complexity index is 775. The first-order valence-corrected chi connectivity index (χ1v) is 8.41. The van der Waals surface area contributed by atoms with E-state index in [1.54, 1.807) is 19.0 Å². The monoisotopic (exact) mass is 511 g/mol. The molecular weight excluding hydrogens is 486 g/mol. The van der Waals surface area contributed by atoms with E-state index in [4.69, 9.17) is 4.74 Å². The molecule has 0 unspecified atom stereocenters. The molecule has 28 heavy (non-hydrogen) atoms. The number of aromatic nitrogens is 2. The summed E-state index contributed by atoms with van der Waals surface area (Å²) in [5.41, 5.74) is 0.325. The molecule has 2 aromatic rings. The van der Waals surface area contributed by atoms with Crippen molar-refractivity contribution in [3.05, 3.63) is 47.3 Å². The van der Waals surface area contributed by atoms with E-state index in [0.717, 1.165) is 16.0 Å². The predicted octanol–water partition coefficient (Wildman–Crippen LogP) is 3.45. The predicted molar refractivity (Wildman–Crippen MR) is 113 cm³/mol. The summed E-state index contributed by atoms with van der Waals surface area (Å²) < 4.78 is 45.9. The summed E-state index contributed by atoms with van der Waals surface area (Å²) in [5, 5.41) is 6.43. The topological polar surface area (TPSA) is 54.7 Å². The SMILES string of the molecule is CN=C(NCc1cn(C)nc1C(F)(F)F)N(C)CCOc1ccc(C)cc1.I. The van der Waals surface area contributed by atoms with Crippen LogP contribution in [0, 0.1) is 6.92 Å². The second-order valence-corrected chi connectivity index (χ2v) is 6.16. The second-order valence-electron chi connectivity index (χ2n) is 6.16. The highest BCUT2D eigenvalue weighted by Crippen LogP contribution is 2.30. The van der Waals surface area contributed by atoms with Crippen LogP contribution in [0.15, 0.2) is 35.5 Å². The van der Waals surface area contributed by atoms with Crippen molar-refractivity contribution in [2.45, 2.75) is 19.6 Å². The zero-order valence-corrected chi connectivity index (χ0v) is 18.6. The number of halogens is 4. The molecule has 1 N–H and O–H groups in total. The van der Waals surface area contributed by atoms with Crippen molar-refractivity contribution >= 4 is 29.9 Å². The molecule has 0 bridgehead atoms. The van der Waals surface area contributed by atoms with E-state index in [9.17, 15) is 13.2 Å². The van der Waals surface area contributed by atoms with E-state index in [1.165, 1.54) is 13.2 Å². The van der Waals surface area contributed by atoms with E-state index < -0.39 is 11.9 Å². The third kappa shape index (κ3) is 6.88. The summed E-state index contributed by atoms with van der Waals surface area (Å²) in [6.07, 6.45) is -3.14. The molecule has 0 aliphatic carbocycles. The molecule has 1 aromatic carbocycles. The highest BCUT2D eigenvalue weighted by Gasteiger charge is 2.36. The van der Waals surface area contributed by atoms with Crippen LogP contribution in [0.2, 0.25) is 0 Å². The Balaban J connectivity index is 0.00000392. The Labute approximate surface area is 179 Å². The fourth-order valence-corrected chi connectivity index (χ4v) is 2.51. The van der Waals surface area contributed by atoms with Crippen LogP contribution >= 0.6 is 24.0 Å². The molecule has 0 radical (unpaired) electrons. The molecule has 1 heterocycles. The Morgan fingerprint density at radius 2 is 1.93 bits per heavy atom. The summed E-state index contributed by atoms with van der Waals surface area (Å²) in [6, 6.07) is 7.71. The minimum absolute atomic E-state index is 0. The smallest absolute Gasteiger partial charge is 0.435 e. The highest BCUT2D eigenvalue weighted by atomic mass is 127. The van der Waals surface area contributed by atoms with E-state index in [2.05, 4.69) is 15.4 Å². The number of hydrogen-bond donors (Lipinski definition) is 1.